The van der Waals surface area contributed by atoms with Gasteiger partial charge >= 0.3 is 6.09 Å². The van der Waals surface area contributed by atoms with E-state index in [-0.39, 0.29) is 29.3 Å². The summed E-state index contributed by atoms with van der Waals surface area (Å²) in [5, 5.41) is 16.8. The molecule has 2 aliphatic rings. The first-order valence-corrected chi connectivity index (χ1v) is 14.0. The van der Waals surface area contributed by atoms with Crippen molar-refractivity contribution in [3.63, 3.8) is 0 Å². The van der Waals surface area contributed by atoms with Crippen LogP contribution < -0.4 is 16.4 Å². The van der Waals surface area contributed by atoms with E-state index in [4.69, 9.17) is 19.9 Å². The Labute approximate surface area is 242 Å². The van der Waals surface area contributed by atoms with Gasteiger partial charge < -0.3 is 35.7 Å². The first kappa shape index (κ1) is 33.9. The highest BCUT2D eigenvalue weighted by Gasteiger charge is 2.33. The molecular weight excluding hydrogens is 530 g/mol. The first-order chi connectivity index (χ1) is 19.3. The van der Waals surface area contributed by atoms with E-state index in [0.29, 0.717) is 37.0 Å². The smallest absolute Gasteiger partial charge is 0.405 e. The topological polar surface area (TPSA) is 166 Å². The number of methoxy groups -OCH3 is 2. The Hall–Kier alpha value is -3.28. The molecule has 0 aromatic rings. The van der Waals surface area contributed by atoms with Crippen molar-refractivity contribution in [2.45, 2.75) is 84.7 Å². The number of primary amides is 1. The predicted octanol–water partition coefficient (Wildman–Crippen LogP) is 2.60. The van der Waals surface area contributed by atoms with Gasteiger partial charge in [0, 0.05) is 43.9 Å². The molecular formula is C30H45N3O8. The summed E-state index contributed by atoms with van der Waals surface area (Å²) in [6, 6.07) is 0. The maximum Gasteiger partial charge on any atom is 0.405 e. The van der Waals surface area contributed by atoms with Crippen molar-refractivity contribution in [2.75, 3.05) is 20.8 Å². The molecule has 0 saturated carbocycles. The molecule has 0 fully saturated rings. The average Bonchev–Trinajstić information content (AvgIpc) is 2.92. The number of hydrogen-bond donors (Lipinski definition) is 4. The van der Waals surface area contributed by atoms with E-state index in [1.54, 1.807) is 26.0 Å². The summed E-state index contributed by atoms with van der Waals surface area (Å²) in [6.07, 6.45) is 2.10. The Morgan fingerprint density at radius 3 is 2.39 bits per heavy atom. The van der Waals surface area contributed by atoms with Crippen molar-refractivity contribution in [3.8, 4) is 0 Å². The average molecular weight is 576 g/mol. The highest BCUT2D eigenvalue weighted by Crippen LogP contribution is 2.29. The molecule has 11 nitrogen and oxygen atoms in total. The number of Topliss-reactive ketones (excluding diaryl/α,β-unsaturated/α-hetero) is 1. The Morgan fingerprint density at radius 1 is 1.15 bits per heavy atom. The molecule has 1 aliphatic carbocycles. The summed E-state index contributed by atoms with van der Waals surface area (Å²) in [5.41, 5.74) is 6.76. The van der Waals surface area contributed by atoms with Gasteiger partial charge in [-0.05, 0) is 57.9 Å². The molecule has 0 aromatic heterocycles. The number of nitrogens with two attached hydrogens (primary N) is 1. The Morgan fingerprint density at radius 2 is 1.80 bits per heavy atom. The van der Waals surface area contributed by atoms with Gasteiger partial charge in [0.25, 0.3) is 5.91 Å². The molecule has 1 aliphatic heterocycles. The second kappa shape index (κ2) is 15.6. The molecule has 6 atom stereocenters. The van der Waals surface area contributed by atoms with Crippen LogP contribution in [0.25, 0.3) is 0 Å². The normalized spacial score (nSPS) is 29.3. The minimum atomic E-state index is -0.962. The quantitative estimate of drug-likeness (QED) is 0.285. The van der Waals surface area contributed by atoms with Crippen molar-refractivity contribution in [1.82, 2.24) is 10.6 Å². The van der Waals surface area contributed by atoms with Crippen molar-refractivity contribution in [2.24, 2.45) is 17.6 Å². The summed E-state index contributed by atoms with van der Waals surface area (Å²) < 4.78 is 16.7. The van der Waals surface area contributed by atoms with Crippen LogP contribution in [0.3, 0.4) is 0 Å². The van der Waals surface area contributed by atoms with E-state index in [0.717, 1.165) is 6.08 Å². The van der Waals surface area contributed by atoms with Crippen LogP contribution >= 0.6 is 0 Å². The molecule has 228 valence electrons. The Bertz CT molecular complexity index is 1120. The molecule has 41 heavy (non-hydrogen) atoms. The molecule has 0 spiro atoms. The van der Waals surface area contributed by atoms with E-state index in [2.05, 4.69) is 10.6 Å². The van der Waals surface area contributed by atoms with Gasteiger partial charge in [0.2, 0.25) is 11.6 Å². The number of ketones is 2. The maximum atomic E-state index is 13.5. The fourth-order valence-electron chi connectivity index (χ4n) is 5.26. The third kappa shape index (κ3) is 9.11. The number of aliphatic hydroxyl groups is 1. The second-order valence-corrected chi connectivity index (χ2v) is 10.8. The van der Waals surface area contributed by atoms with Crippen LogP contribution in [-0.4, -0.2) is 73.9 Å². The summed E-state index contributed by atoms with van der Waals surface area (Å²) in [4.78, 5) is 51.2. The fraction of sp³-hybridized carbons (Fsp3) is 0.600. The van der Waals surface area contributed by atoms with Crippen LogP contribution in [0.4, 0.5) is 4.79 Å². The summed E-state index contributed by atoms with van der Waals surface area (Å²) in [7, 11) is 2.99. The third-order valence-electron chi connectivity index (χ3n) is 7.47. The minimum absolute atomic E-state index is 0.0871. The number of hydrogen-bond acceptors (Lipinski definition) is 9. The van der Waals surface area contributed by atoms with Crippen LogP contribution in [0.5, 0.6) is 0 Å². The van der Waals surface area contributed by atoms with Gasteiger partial charge in [-0.3, -0.25) is 14.4 Å². The molecule has 0 aromatic carbocycles. The van der Waals surface area contributed by atoms with E-state index < -0.39 is 53.9 Å². The van der Waals surface area contributed by atoms with Crippen molar-refractivity contribution in [1.29, 1.82) is 0 Å². The highest BCUT2D eigenvalue weighted by atomic mass is 16.6. The Kier molecular flexibility index (Phi) is 12.9. The highest BCUT2D eigenvalue weighted by molar-refractivity contribution is 6.23. The molecule has 0 radical (unpaired) electrons. The zero-order valence-electron chi connectivity index (χ0n) is 25.1. The van der Waals surface area contributed by atoms with Crippen molar-refractivity contribution < 1.29 is 38.5 Å². The molecule has 11 heteroatoms. The zero-order chi connectivity index (χ0) is 30.9. The van der Waals surface area contributed by atoms with Gasteiger partial charge in [-0.2, -0.15) is 0 Å². The van der Waals surface area contributed by atoms with Crippen molar-refractivity contribution >= 4 is 23.6 Å². The van der Waals surface area contributed by atoms with Gasteiger partial charge in [0.1, 0.15) is 0 Å². The molecule has 5 N–H and O–H groups in total. The van der Waals surface area contributed by atoms with Crippen LogP contribution in [0.2, 0.25) is 0 Å². The number of amides is 2. The zero-order valence-corrected chi connectivity index (χ0v) is 25.1. The standard InChI is InChI=1S/C30H45N3O8/c1-8-32-25-20-12-16(2)13-24(40-7)26(35)18(4)14-19(5)28(41-30(31)38)23(39-6)11-9-10-17(3)29(37)33-21(27(20)36)15-22(25)34/h10,14-16,18,23-24,26,28,32,35H,8-9,11-13H2,1-7H3,(H2,31,38)(H,33,37)/t16-,18+,23+,24+,26-,28+/m1/s1. The molecule has 2 amide bonds. The van der Waals surface area contributed by atoms with E-state index in [9.17, 15) is 24.3 Å². The van der Waals surface area contributed by atoms with E-state index >= 15 is 0 Å². The number of aliphatic hydroxyl groups excluding tert-OH is 1. The van der Waals surface area contributed by atoms with Gasteiger partial charge in [0.15, 0.2) is 6.10 Å². The van der Waals surface area contributed by atoms with Crippen LogP contribution in [0.15, 0.2) is 46.3 Å². The number of ether oxygens (including phenoxy) is 3. The molecule has 1 heterocycles. The van der Waals surface area contributed by atoms with Gasteiger partial charge in [-0.15, -0.1) is 0 Å². The van der Waals surface area contributed by atoms with Crippen molar-refractivity contribution in [3.05, 3.63) is 46.3 Å². The summed E-state index contributed by atoms with van der Waals surface area (Å²) >= 11 is 0. The van der Waals surface area contributed by atoms with Gasteiger partial charge in [0.05, 0.1) is 29.7 Å². The van der Waals surface area contributed by atoms with Crippen LogP contribution in [0.1, 0.15) is 60.3 Å². The van der Waals surface area contributed by atoms with E-state index in [1.165, 1.54) is 14.2 Å². The summed E-state index contributed by atoms with van der Waals surface area (Å²) in [5.74, 6) is -1.91. The second-order valence-electron chi connectivity index (χ2n) is 10.8. The number of fused-ring (bicyclic) bond motifs is 2. The predicted molar refractivity (Wildman–Crippen MR) is 153 cm³/mol. The fourth-order valence-corrected chi connectivity index (χ4v) is 5.26. The third-order valence-corrected chi connectivity index (χ3v) is 7.47. The number of allylic oxidation sites excluding steroid dienone is 3. The van der Waals surface area contributed by atoms with Crippen LogP contribution in [0, 0.1) is 11.8 Å². The number of rotatable bonds is 5. The number of carbonyl (C=O) groups excluding carboxylic acids is 4. The lowest BCUT2D eigenvalue weighted by molar-refractivity contribution is -0.120. The van der Waals surface area contributed by atoms with Gasteiger partial charge in [-0.1, -0.05) is 26.0 Å². The maximum absolute atomic E-state index is 13.5. The first-order valence-electron chi connectivity index (χ1n) is 14.0. The number of likely N-dealkylation sites (N-methyl/N-ethyl adjacent to an activating group) is 1. The lowest BCUT2D eigenvalue weighted by Crippen LogP contribution is -2.38. The largest absolute Gasteiger partial charge is 0.439 e. The lowest BCUT2D eigenvalue weighted by Gasteiger charge is -2.30. The molecule has 2 rings (SSSR count). The molecule has 2 bridgehead atoms. The Balaban J connectivity index is 2.56. The monoisotopic (exact) mass is 575 g/mol. The molecule has 0 saturated heterocycles. The lowest BCUT2D eigenvalue weighted by atomic mass is 9.85. The van der Waals surface area contributed by atoms with Crippen LogP contribution in [-0.2, 0) is 28.6 Å². The number of nitrogens with one attached hydrogen (secondary N) is 2. The summed E-state index contributed by atoms with van der Waals surface area (Å²) in [6.45, 7) is 9.38. The molecule has 0 unspecified atom stereocenters. The SMILES string of the molecule is CCNC1=C2C[C@@H](C)C[C@H](OC)[C@H](O)[C@@H](C)C=C(C)[C@H](OC(N)=O)[C@@H](OC)CCC=C(C)C(=O)NC(=CC1=O)C2=O. The van der Waals surface area contributed by atoms with Gasteiger partial charge in [-0.25, -0.2) is 4.79 Å². The number of carbonyl (C=O) groups is 4. The minimum Gasteiger partial charge on any atom is -0.439 e. The van der Waals surface area contributed by atoms with E-state index in [1.807, 2.05) is 20.8 Å².